The van der Waals surface area contributed by atoms with Gasteiger partial charge in [-0.15, -0.1) is 0 Å². The van der Waals surface area contributed by atoms with Crippen LogP contribution in [0.1, 0.15) is 11.1 Å². The third-order valence-corrected chi connectivity index (χ3v) is 6.16. The van der Waals surface area contributed by atoms with Crippen molar-refractivity contribution in [3.63, 3.8) is 0 Å². The van der Waals surface area contributed by atoms with Gasteiger partial charge < -0.3 is 14.5 Å². The van der Waals surface area contributed by atoms with Gasteiger partial charge in [0.2, 0.25) is 0 Å². The highest BCUT2D eigenvalue weighted by Crippen LogP contribution is 2.33. The average Bonchev–Trinajstić information content (AvgIpc) is 3.14. The number of thioether (sulfide) groups is 1. The van der Waals surface area contributed by atoms with Crippen LogP contribution in [-0.2, 0) is 11.0 Å². The summed E-state index contributed by atoms with van der Waals surface area (Å²) in [5.41, 5.74) is 0.774. The van der Waals surface area contributed by atoms with Crippen molar-refractivity contribution in [2.45, 2.75) is 6.18 Å². The molecule has 0 unspecified atom stereocenters. The molecule has 9 heteroatoms. The lowest BCUT2D eigenvalue weighted by Crippen LogP contribution is -2.47. The summed E-state index contributed by atoms with van der Waals surface area (Å²) in [5.74, 6) is 0.458. The average molecular weight is 447 g/mol. The third-order valence-electron chi connectivity index (χ3n) is 5.11. The van der Waals surface area contributed by atoms with E-state index < -0.39 is 11.7 Å². The normalized spacial score (nSPS) is 18.5. The molecule has 162 valence electrons. The van der Waals surface area contributed by atoms with Gasteiger partial charge in [0.15, 0.2) is 5.17 Å². The van der Waals surface area contributed by atoms with Gasteiger partial charge in [-0.3, -0.25) is 4.79 Å². The van der Waals surface area contributed by atoms with E-state index in [1.807, 2.05) is 34.1 Å². The Bertz CT molecular complexity index is 1030. The van der Waals surface area contributed by atoms with Crippen molar-refractivity contribution in [3.8, 4) is 5.75 Å². The Morgan fingerprint density at radius 3 is 2.35 bits per heavy atom. The number of amidine groups is 1. The summed E-state index contributed by atoms with van der Waals surface area (Å²) >= 11 is 1.32. The number of carbonyl (C=O) groups is 1. The quantitative estimate of drug-likeness (QED) is 0.648. The second-order valence-corrected chi connectivity index (χ2v) is 8.11. The van der Waals surface area contributed by atoms with E-state index in [1.54, 1.807) is 19.3 Å². The number of hydrogen-bond acceptors (Lipinski definition) is 5. The van der Waals surface area contributed by atoms with Crippen molar-refractivity contribution < 1.29 is 22.7 Å². The van der Waals surface area contributed by atoms with Crippen molar-refractivity contribution in [2.24, 2.45) is 4.99 Å². The Hall–Kier alpha value is -2.94. The number of nitrogens with zero attached hydrogens (tertiary/aromatic N) is 3. The summed E-state index contributed by atoms with van der Waals surface area (Å²) in [6.07, 6.45) is -2.57. The van der Waals surface area contributed by atoms with Crippen LogP contribution in [0, 0.1) is 0 Å². The number of hydrogen-bond donors (Lipinski definition) is 0. The van der Waals surface area contributed by atoms with Crippen LogP contribution in [0.25, 0.3) is 6.08 Å². The van der Waals surface area contributed by atoms with Crippen molar-refractivity contribution in [1.29, 1.82) is 0 Å². The summed E-state index contributed by atoms with van der Waals surface area (Å²) in [6, 6.07) is 12.7. The molecule has 0 atom stereocenters. The van der Waals surface area contributed by atoms with Gasteiger partial charge in [-0.2, -0.15) is 18.2 Å². The summed E-state index contributed by atoms with van der Waals surface area (Å²) in [6.45, 7) is 2.25. The SMILES string of the molecule is COc1ccc(/C=C2/SC(N3CCN(c4cccc(C(F)(F)F)c4)CC3)=NC2=O)cc1. The Morgan fingerprint density at radius 1 is 1.03 bits per heavy atom. The van der Waals surface area contributed by atoms with Crippen LogP contribution in [0.5, 0.6) is 5.75 Å². The zero-order valence-electron chi connectivity index (χ0n) is 16.7. The van der Waals surface area contributed by atoms with Crippen LogP contribution < -0.4 is 9.64 Å². The fraction of sp³-hybridized carbons (Fsp3) is 0.273. The van der Waals surface area contributed by atoms with Crippen LogP contribution in [0.3, 0.4) is 0 Å². The minimum Gasteiger partial charge on any atom is -0.497 e. The molecular weight excluding hydrogens is 427 g/mol. The van der Waals surface area contributed by atoms with Crippen LogP contribution in [0.2, 0.25) is 0 Å². The van der Waals surface area contributed by atoms with Gasteiger partial charge in [0.1, 0.15) is 5.75 Å². The molecule has 0 spiro atoms. The first-order valence-electron chi connectivity index (χ1n) is 9.67. The first-order valence-corrected chi connectivity index (χ1v) is 10.5. The third kappa shape index (κ3) is 4.87. The largest absolute Gasteiger partial charge is 0.497 e. The minimum absolute atomic E-state index is 0.281. The van der Waals surface area contributed by atoms with Gasteiger partial charge in [-0.25, -0.2) is 0 Å². The van der Waals surface area contributed by atoms with Gasteiger partial charge >= 0.3 is 6.18 Å². The molecule has 0 radical (unpaired) electrons. The van der Waals surface area contributed by atoms with E-state index in [1.165, 1.54) is 23.9 Å². The van der Waals surface area contributed by atoms with Crippen LogP contribution in [0.4, 0.5) is 18.9 Å². The zero-order valence-corrected chi connectivity index (χ0v) is 17.5. The highest BCUT2D eigenvalue weighted by Gasteiger charge is 2.32. The number of amides is 1. The highest BCUT2D eigenvalue weighted by molar-refractivity contribution is 8.18. The van der Waals surface area contributed by atoms with Crippen molar-refractivity contribution in [3.05, 3.63) is 64.6 Å². The van der Waals surface area contributed by atoms with Crippen LogP contribution >= 0.6 is 11.8 Å². The van der Waals surface area contributed by atoms with Crippen LogP contribution in [-0.4, -0.2) is 49.3 Å². The molecule has 5 nitrogen and oxygen atoms in total. The fourth-order valence-electron chi connectivity index (χ4n) is 3.42. The van der Waals surface area contributed by atoms with Crippen molar-refractivity contribution in [1.82, 2.24) is 4.90 Å². The smallest absolute Gasteiger partial charge is 0.416 e. The van der Waals surface area contributed by atoms with Gasteiger partial charge in [-0.05, 0) is 53.7 Å². The molecule has 0 bridgehead atoms. The van der Waals surface area contributed by atoms with E-state index in [0.717, 1.165) is 17.4 Å². The number of halogens is 3. The Labute approximate surface area is 182 Å². The predicted molar refractivity (Wildman–Crippen MR) is 116 cm³/mol. The van der Waals surface area contributed by atoms with Gasteiger partial charge in [-0.1, -0.05) is 18.2 Å². The molecular formula is C22H20F3N3O2S. The van der Waals surface area contributed by atoms with Gasteiger partial charge in [0.05, 0.1) is 17.6 Å². The second-order valence-electron chi connectivity index (χ2n) is 7.11. The number of alkyl halides is 3. The van der Waals surface area contributed by atoms with E-state index in [0.29, 0.717) is 41.9 Å². The van der Waals surface area contributed by atoms with E-state index >= 15 is 0 Å². The predicted octanol–water partition coefficient (Wildman–Crippen LogP) is 4.51. The van der Waals surface area contributed by atoms with Gasteiger partial charge in [0.25, 0.3) is 5.91 Å². The Kier molecular flexibility index (Phi) is 5.95. The van der Waals surface area contributed by atoms with E-state index in [4.69, 9.17) is 4.74 Å². The number of methoxy groups -OCH3 is 1. The van der Waals surface area contributed by atoms with Crippen molar-refractivity contribution in [2.75, 3.05) is 38.2 Å². The fourth-order valence-corrected chi connectivity index (χ4v) is 4.38. The van der Waals surface area contributed by atoms with E-state index in [9.17, 15) is 18.0 Å². The van der Waals surface area contributed by atoms with Crippen LogP contribution in [0.15, 0.2) is 58.4 Å². The molecule has 0 N–H and O–H groups in total. The zero-order chi connectivity index (χ0) is 22.0. The maximum Gasteiger partial charge on any atom is 0.416 e. The molecule has 2 aliphatic rings. The Balaban J connectivity index is 1.39. The monoisotopic (exact) mass is 447 g/mol. The summed E-state index contributed by atoms with van der Waals surface area (Å²) < 4.78 is 44.1. The molecule has 0 aliphatic carbocycles. The molecule has 2 aliphatic heterocycles. The number of anilines is 1. The maximum absolute atomic E-state index is 13.0. The maximum atomic E-state index is 13.0. The molecule has 4 rings (SSSR count). The minimum atomic E-state index is -4.36. The molecule has 1 fully saturated rings. The number of piperazine rings is 1. The number of rotatable bonds is 3. The molecule has 2 aromatic rings. The molecule has 0 saturated carbocycles. The molecule has 31 heavy (non-hydrogen) atoms. The Morgan fingerprint density at radius 2 is 1.71 bits per heavy atom. The standard InChI is InChI=1S/C22H20F3N3O2S/c1-30-18-7-5-15(6-8-18)13-19-20(29)26-21(31-19)28-11-9-27(10-12-28)17-4-2-3-16(14-17)22(23,24)25/h2-8,13-14H,9-12H2,1H3/b19-13+. The topological polar surface area (TPSA) is 45.1 Å². The second kappa shape index (κ2) is 8.66. The number of benzene rings is 2. The molecule has 0 aromatic heterocycles. The molecule has 1 saturated heterocycles. The van der Waals surface area contributed by atoms with E-state index in [2.05, 4.69) is 4.99 Å². The number of ether oxygens (including phenoxy) is 1. The summed E-state index contributed by atoms with van der Waals surface area (Å²) in [7, 11) is 1.59. The summed E-state index contributed by atoms with van der Waals surface area (Å²) in [5, 5.41) is 0.633. The number of carbonyl (C=O) groups excluding carboxylic acids is 1. The molecule has 1 amide bonds. The lowest BCUT2D eigenvalue weighted by atomic mass is 10.1. The highest BCUT2D eigenvalue weighted by atomic mass is 32.2. The number of aliphatic imine (C=N–C) groups is 1. The first kappa shape index (κ1) is 21.3. The summed E-state index contributed by atoms with van der Waals surface area (Å²) in [4.78, 5) is 21.0. The van der Waals surface area contributed by atoms with Crippen molar-refractivity contribution >= 4 is 34.6 Å². The lowest BCUT2D eigenvalue weighted by Gasteiger charge is -2.36. The lowest BCUT2D eigenvalue weighted by molar-refractivity contribution is -0.137. The molecule has 2 aromatic carbocycles. The molecule has 2 heterocycles. The first-order chi connectivity index (χ1) is 14.8. The van der Waals surface area contributed by atoms with Gasteiger partial charge in [0, 0.05) is 31.9 Å². The van der Waals surface area contributed by atoms with E-state index in [-0.39, 0.29) is 5.91 Å².